The van der Waals surface area contributed by atoms with Crippen LogP contribution in [0.5, 0.6) is 5.75 Å². The Morgan fingerprint density at radius 1 is 1.11 bits per heavy atom. The van der Waals surface area contributed by atoms with Crippen LogP contribution in [0.4, 0.5) is 5.69 Å². The molecule has 0 unspecified atom stereocenters. The summed E-state index contributed by atoms with van der Waals surface area (Å²) in [7, 11) is 1.65. The van der Waals surface area contributed by atoms with Gasteiger partial charge < -0.3 is 14.6 Å². The average Bonchev–Trinajstić information content (AvgIpc) is 3.25. The van der Waals surface area contributed by atoms with Crippen molar-refractivity contribution in [1.29, 1.82) is 0 Å². The number of amides is 1. The predicted octanol–water partition coefficient (Wildman–Crippen LogP) is 6.43. The minimum Gasteiger partial charge on any atom is -0.497 e. The second kappa shape index (κ2) is 8.22. The number of halogens is 1. The number of benzene rings is 2. The fourth-order valence-electron chi connectivity index (χ4n) is 8.48. The van der Waals surface area contributed by atoms with Gasteiger partial charge in [0.2, 0.25) is 5.91 Å². The molecule has 37 heavy (non-hydrogen) atoms. The molecule has 1 amide bonds. The molecule has 8 heteroatoms. The summed E-state index contributed by atoms with van der Waals surface area (Å²) in [4.78, 5) is 31.5. The Morgan fingerprint density at radius 3 is 2.46 bits per heavy atom. The van der Waals surface area contributed by atoms with Gasteiger partial charge in [0.05, 0.1) is 23.5 Å². The lowest BCUT2D eigenvalue weighted by Gasteiger charge is -2.57. The molecule has 1 N–H and O–H groups in total. The van der Waals surface area contributed by atoms with Gasteiger partial charge in [-0.15, -0.1) is 0 Å². The lowest BCUT2D eigenvalue weighted by molar-refractivity contribution is -0.384. The van der Waals surface area contributed by atoms with Crippen molar-refractivity contribution in [3.05, 3.63) is 68.4 Å². The van der Waals surface area contributed by atoms with Crippen LogP contribution in [0.15, 0.2) is 36.4 Å². The van der Waals surface area contributed by atoms with Gasteiger partial charge in [-0.25, -0.2) is 0 Å². The topological polar surface area (TPSA) is 88.5 Å². The first-order valence-electron chi connectivity index (χ1n) is 13.3. The summed E-state index contributed by atoms with van der Waals surface area (Å²) in [5.74, 6) is 2.99. The number of aromatic amines is 1. The van der Waals surface area contributed by atoms with E-state index in [1.54, 1.807) is 19.2 Å². The van der Waals surface area contributed by atoms with Gasteiger partial charge in [-0.3, -0.25) is 14.9 Å². The molecule has 1 atom stereocenters. The van der Waals surface area contributed by atoms with Gasteiger partial charge in [0, 0.05) is 29.2 Å². The van der Waals surface area contributed by atoms with E-state index in [1.807, 2.05) is 29.2 Å². The van der Waals surface area contributed by atoms with Crippen LogP contribution in [0.3, 0.4) is 0 Å². The number of hydrogen-bond acceptors (Lipinski definition) is 4. The predicted molar refractivity (Wildman–Crippen MR) is 141 cm³/mol. The number of carbonyl (C=O) groups is 1. The molecular formula is C29H30ClN3O4. The molecule has 4 aliphatic carbocycles. The Hall–Kier alpha value is -3.06. The van der Waals surface area contributed by atoms with Crippen LogP contribution in [0.2, 0.25) is 5.02 Å². The summed E-state index contributed by atoms with van der Waals surface area (Å²) in [6.07, 6.45) is 7.50. The highest BCUT2D eigenvalue weighted by molar-refractivity contribution is 6.32. The molecule has 3 aromatic rings. The van der Waals surface area contributed by atoms with E-state index in [0.29, 0.717) is 29.9 Å². The normalized spacial score (nSPS) is 29.9. The second-order valence-electron chi connectivity index (χ2n) is 11.7. The molecule has 4 fully saturated rings. The van der Waals surface area contributed by atoms with Gasteiger partial charge in [-0.05, 0) is 98.1 Å². The number of methoxy groups -OCH3 is 1. The highest BCUT2D eigenvalue weighted by Crippen LogP contribution is 2.61. The van der Waals surface area contributed by atoms with Crippen molar-refractivity contribution in [3.63, 3.8) is 0 Å². The van der Waals surface area contributed by atoms with Crippen LogP contribution in [0.1, 0.15) is 61.4 Å². The molecule has 5 aliphatic rings. The standard InChI is InChI=1S/C29H30ClN3O4/c1-37-20-3-5-24-22(12-20)21-6-7-32(28(34)29-13-16-8-17(14-29)10-18(9-16)15-29)27(26(21)31-24)19-2-4-23(30)25(11-19)33(35)36/h2-5,11-12,16-18,27,31H,6-10,13-15H2,1H3/t16?,17?,18?,27-,29?/m0/s1. The van der Waals surface area contributed by atoms with E-state index >= 15 is 0 Å². The number of hydrogen-bond donors (Lipinski definition) is 1. The fraction of sp³-hybridized carbons (Fsp3) is 0.483. The zero-order chi connectivity index (χ0) is 25.5. The van der Waals surface area contributed by atoms with Crippen LogP contribution in [-0.4, -0.2) is 34.4 Å². The summed E-state index contributed by atoms with van der Waals surface area (Å²) in [6.45, 7) is 0.582. The Kier molecular flexibility index (Phi) is 5.13. The molecule has 7 nitrogen and oxygen atoms in total. The van der Waals surface area contributed by atoms with Gasteiger partial charge in [0.15, 0.2) is 0 Å². The molecule has 2 aromatic carbocycles. The first-order valence-corrected chi connectivity index (χ1v) is 13.7. The molecule has 0 saturated heterocycles. The van der Waals surface area contributed by atoms with Crippen LogP contribution in [-0.2, 0) is 11.2 Å². The lowest BCUT2D eigenvalue weighted by Crippen LogP contribution is -2.56. The van der Waals surface area contributed by atoms with Gasteiger partial charge in [-0.1, -0.05) is 17.7 Å². The van der Waals surface area contributed by atoms with Crippen molar-refractivity contribution in [1.82, 2.24) is 9.88 Å². The zero-order valence-electron chi connectivity index (χ0n) is 20.8. The number of aromatic nitrogens is 1. The summed E-state index contributed by atoms with van der Waals surface area (Å²) in [6, 6.07) is 10.5. The molecule has 192 valence electrons. The summed E-state index contributed by atoms with van der Waals surface area (Å²) in [5, 5.41) is 13.0. The highest BCUT2D eigenvalue weighted by atomic mass is 35.5. The smallest absolute Gasteiger partial charge is 0.288 e. The molecule has 0 spiro atoms. The first-order chi connectivity index (χ1) is 17.8. The number of nitrogens with one attached hydrogen (secondary N) is 1. The third-order valence-electron chi connectivity index (χ3n) is 9.57. The van der Waals surface area contributed by atoms with E-state index in [0.717, 1.165) is 53.6 Å². The van der Waals surface area contributed by atoms with Crippen molar-refractivity contribution in [2.75, 3.05) is 13.7 Å². The Balaban J connectivity index is 1.37. The Bertz CT molecular complexity index is 1410. The van der Waals surface area contributed by atoms with Crippen molar-refractivity contribution in [3.8, 4) is 5.75 Å². The molecular weight excluding hydrogens is 490 g/mol. The van der Waals surface area contributed by atoms with Crippen molar-refractivity contribution >= 4 is 34.1 Å². The zero-order valence-corrected chi connectivity index (χ0v) is 21.6. The third kappa shape index (κ3) is 3.50. The molecule has 0 radical (unpaired) electrons. The number of nitro benzene ring substituents is 1. The quantitative estimate of drug-likeness (QED) is 0.318. The van der Waals surface area contributed by atoms with E-state index < -0.39 is 11.0 Å². The maximum atomic E-state index is 14.6. The molecule has 4 bridgehead atoms. The largest absolute Gasteiger partial charge is 0.497 e. The Labute approximate surface area is 220 Å². The molecule has 1 aliphatic heterocycles. The van der Waals surface area contributed by atoms with Crippen LogP contribution in [0, 0.1) is 33.3 Å². The minimum absolute atomic E-state index is 0.102. The van der Waals surface area contributed by atoms with E-state index in [4.69, 9.17) is 16.3 Å². The second-order valence-corrected chi connectivity index (χ2v) is 12.2. The fourth-order valence-corrected chi connectivity index (χ4v) is 8.66. The van der Waals surface area contributed by atoms with Gasteiger partial charge >= 0.3 is 0 Å². The van der Waals surface area contributed by atoms with Crippen molar-refractivity contribution in [2.24, 2.45) is 23.2 Å². The Morgan fingerprint density at radius 2 is 1.81 bits per heavy atom. The van der Waals surface area contributed by atoms with E-state index in [2.05, 4.69) is 4.98 Å². The first kappa shape index (κ1) is 23.1. The SMILES string of the molecule is COc1ccc2[nH]c3c(c2c1)CCN(C(=O)C12CC4CC(CC(C4)C1)C2)[C@H]3c1ccc(Cl)c([N+](=O)[O-])c1. The number of fused-ring (bicyclic) bond motifs is 3. The molecule has 1 aromatic heterocycles. The minimum atomic E-state index is -0.448. The van der Waals surface area contributed by atoms with E-state index in [1.165, 1.54) is 19.3 Å². The van der Waals surface area contributed by atoms with Crippen LogP contribution >= 0.6 is 11.6 Å². The third-order valence-corrected chi connectivity index (χ3v) is 9.89. The van der Waals surface area contributed by atoms with Gasteiger partial charge in [0.1, 0.15) is 10.8 Å². The van der Waals surface area contributed by atoms with Crippen LogP contribution < -0.4 is 4.74 Å². The summed E-state index contributed by atoms with van der Waals surface area (Å²) < 4.78 is 5.48. The van der Waals surface area contributed by atoms with Crippen molar-refractivity contribution in [2.45, 2.75) is 51.0 Å². The number of carbonyl (C=O) groups excluding carboxylic acids is 1. The highest BCUT2D eigenvalue weighted by Gasteiger charge is 2.56. The van der Waals surface area contributed by atoms with Crippen LogP contribution in [0.25, 0.3) is 10.9 Å². The maximum absolute atomic E-state index is 14.6. The van der Waals surface area contributed by atoms with Gasteiger partial charge in [-0.2, -0.15) is 0 Å². The van der Waals surface area contributed by atoms with Gasteiger partial charge in [0.25, 0.3) is 5.69 Å². The summed E-state index contributed by atoms with van der Waals surface area (Å²) in [5.41, 5.74) is 3.34. The monoisotopic (exact) mass is 519 g/mol. The van der Waals surface area contributed by atoms with E-state index in [-0.39, 0.29) is 22.0 Å². The summed E-state index contributed by atoms with van der Waals surface area (Å²) >= 11 is 6.19. The van der Waals surface area contributed by atoms with Crippen molar-refractivity contribution < 1.29 is 14.5 Å². The van der Waals surface area contributed by atoms with E-state index in [9.17, 15) is 14.9 Å². The lowest BCUT2D eigenvalue weighted by atomic mass is 9.49. The number of nitro groups is 1. The number of nitrogens with zero attached hydrogens (tertiary/aromatic N) is 2. The average molecular weight is 520 g/mol. The molecule has 4 saturated carbocycles. The number of H-pyrrole nitrogens is 1. The maximum Gasteiger partial charge on any atom is 0.288 e. The number of rotatable bonds is 4. The molecule has 2 heterocycles. The molecule has 8 rings (SSSR count). The number of ether oxygens (including phenoxy) is 1.